The number of fused-ring (bicyclic) bond motifs is 10. The fraction of sp³-hybridized carbons (Fsp3) is 0. The van der Waals surface area contributed by atoms with Crippen LogP contribution < -0.4 is 0 Å². The second-order valence-electron chi connectivity index (χ2n) is 15.6. The van der Waals surface area contributed by atoms with E-state index in [1.807, 2.05) is 48.5 Å². The van der Waals surface area contributed by atoms with Crippen molar-refractivity contribution in [3.05, 3.63) is 194 Å². The van der Waals surface area contributed by atoms with Crippen molar-refractivity contribution in [3.63, 3.8) is 0 Å². The molecular formula is C55H32N4O2. The molecule has 0 saturated carbocycles. The Morgan fingerprint density at radius 3 is 1.69 bits per heavy atom. The van der Waals surface area contributed by atoms with Gasteiger partial charge in [-0.25, -0.2) is 15.0 Å². The van der Waals surface area contributed by atoms with E-state index in [-0.39, 0.29) is 0 Å². The van der Waals surface area contributed by atoms with Gasteiger partial charge in [-0.05, 0) is 70.4 Å². The molecular weight excluding hydrogens is 749 g/mol. The summed E-state index contributed by atoms with van der Waals surface area (Å²) in [6, 6.07) is 67.4. The second kappa shape index (κ2) is 13.1. The third-order valence-electron chi connectivity index (χ3n) is 12.0. The second-order valence-corrected chi connectivity index (χ2v) is 15.6. The summed E-state index contributed by atoms with van der Waals surface area (Å²) in [7, 11) is 0. The zero-order valence-corrected chi connectivity index (χ0v) is 32.6. The van der Waals surface area contributed by atoms with E-state index in [0.29, 0.717) is 17.5 Å². The SMILES string of the molecule is c1ccc(-c2ccc(-c3nc(-c4cc(-n5c6ccccc6c6cc7ccccc7cc65)c5c(c4)oc4ccccc45)nc(-c4cccc5oc6ccccc6c45)n3)cc2)cc1. The van der Waals surface area contributed by atoms with Crippen LogP contribution >= 0.6 is 0 Å². The average molecular weight is 781 g/mol. The third kappa shape index (κ3) is 5.26. The van der Waals surface area contributed by atoms with Crippen molar-refractivity contribution in [3.8, 4) is 51.0 Å². The van der Waals surface area contributed by atoms with Crippen molar-refractivity contribution in [2.75, 3.05) is 0 Å². The van der Waals surface area contributed by atoms with Crippen LogP contribution in [-0.4, -0.2) is 19.5 Å². The predicted octanol–water partition coefficient (Wildman–Crippen LogP) is 14.6. The van der Waals surface area contributed by atoms with Gasteiger partial charge in [0.2, 0.25) is 0 Å². The van der Waals surface area contributed by atoms with Gasteiger partial charge in [-0.2, -0.15) is 0 Å². The molecule has 61 heavy (non-hydrogen) atoms. The van der Waals surface area contributed by atoms with Gasteiger partial charge in [0.1, 0.15) is 22.3 Å². The van der Waals surface area contributed by atoms with Crippen molar-refractivity contribution in [2.45, 2.75) is 0 Å². The Labute approximate surface area is 348 Å². The molecule has 0 N–H and O–H groups in total. The van der Waals surface area contributed by atoms with Crippen LogP contribution in [0.5, 0.6) is 0 Å². The lowest BCUT2D eigenvalue weighted by Gasteiger charge is -2.14. The Morgan fingerprint density at radius 2 is 0.902 bits per heavy atom. The molecule has 9 aromatic carbocycles. The molecule has 6 heteroatoms. The van der Waals surface area contributed by atoms with E-state index in [0.717, 1.165) is 88.4 Å². The standard InChI is InChI=1S/C55H32N4O2/c1-2-13-33(14-3-1)34-25-27-35(28-26-34)53-56-54(58-55(57-53)42-20-12-24-49-51(42)40-18-7-10-22-47(40)60-49)38-31-46(52-41-19-8-11-23-48(41)61-50(52)32-38)59-44-21-9-6-17-39(44)43-29-36-15-4-5-16-37(36)30-45(43)59/h1-32H. The molecule has 0 aliphatic carbocycles. The van der Waals surface area contributed by atoms with E-state index in [1.54, 1.807) is 0 Å². The van der Waals surface area contributed by atoms with Gasteiger partial charge in [0.05, 0.1) is 22.1 Å². The van der Waals surface area contributed by atoms with Gasteiger partial charge < -0.3 is 13.4 Å². The molecule has 0 atom stereocenters. The molecule has 0 unspecified atom stereocenters. The lowest BCUT2D eigenvalue weighted by molar-refractivity contribution is 0.668. The van der Waals surface area contributed by atoms with Crippen LogP contribution in [0.1, 0.15) is 0 Å². The van der Waals surface area contributed by atoms with Crippen LogP contribution in [0, 0.1) is 0 Å². The maximum atomic E-state index is 6.73. The first kappa shape index (κ1) is 33.6. The normalized spacial score (nSPS) is 11.9. The highest BCUT2D eigenvalue weighted by atomic mass is 16.3. The molecule has 0 bridgehead atoms. The van der Waals surface area contributed by atoms with Gasteiger partial charge in [-0.3, -0.25) is 0 Å². The molecule has 13 aromatic rings. The Bertz CT molecular complexity index is 3880. The summed E-state index contributed by atoms with van der Waals surface area (Å²) >= 11 is 0. The van der Waals surface area contributed by atoms with Crippen LogP contribution in [-0.2, 0) is 0 Å². The van der Waals surface area contributed by atoms with E-state index in [2.05, 4.69) is 150 Å². The van der Waals surface area contributed by atoms with Gasteiger partial charge in [0.25, 0.3) is 0 Å². The van der Waals surface area contributed by atoms with E-state index < -0.39 is 0 Å². The molecule has 4 aromatic heterocycles. The monoisotopic (exact) mass is 780 g/mol. The van der Waals surface area contributed by atoms with Crippen LogP contribution in [0.3, 0.4) is 0 Å². The number of hydrogen-bond acceptors (Lipinski definition) is 5. The van der Waals surface area contributed by atoms with Gasteiger partial charge in [-0.15, -0.1) is 0 Å². The predicted molar refractivity (Wildman–Crippen MR) is 248 cm³/mol. The number of hydrogen-bond donors (Lipinski definition) is 0. The van der Waals surface area contributed by atoms with Crippen LogP contribution in [0.15, 0.2) is 203 Å². The minimum absolute atomic E-state index is 0.534. The highest BCUT2D eigenvalue weighted by molar-refractivity contribution is 6.17. The summed E-state index contributed by atoms with van der Waals surface area (Å²) in [6.07, 6.45) is 0. The summed E-state index contributed by atoms with van der Waals surface area (Å²) in [5.41, 5.74) is 11.2. The third-order valence-corrected chi connectivity index (χ3v) is 12.0. The fourth-order valence-electron chi connectivity index (χ4n) is 9.21. The maximum Gasteiger partial charge on any atom is 0.164 e. The first-order valence-corrected chi connectivity index (χ1v) is 20.4. The smallest absolute Gasteiger partial charge is 0.164 e. The minimum atomic E-state index is 0.534. The number of benzene rings is 9. The van der Waals surface area contributed by atoms with Crippen molar-refractivity contribution < 1.29 is 8.83 Å². The molecule has 0 saturated heterocycles. The van der Waals surface area contributed by atoms with Crippen molar-refractivity contribution in [2.24, 2.45) is 0 Å². The molecule has 13 rings (SSSR count). The van der Waals surface area contributed by atoms with Gasteiger partial charge in [-0.1, -0.05) is 146 Å². The summed E-state index contributed by atoms with van der Waals surface area (Å²) < 4.78 is 15.5. The molecule has 0 amide bonds. The molecule has 0 spiro atoms. The number of para-hydroxylation sites is 3. The first-order valence-electron chi connectivity index (χ1n) is 20.4. The molecule has 0 radical (unpaired) electrons. The number of furan rings is 2. The molecule has 0 aliphatic rings. The quantitative estimate of drug-likeness (QED) is 0.174. The topological polar surface area (TPSA) is 69.9 Å². The number of rotatable bonds is 5. The van der Waals surface area contributed by atoms with E-state index >= 15 is 0 Å². The summed E-state index contributed by atoms with van der Waals surface area (Å²) in [4.78, 5) is 15.8. The molecule has 4 heterocycles. The van der Waals surface area contributed by atoms with E-state index in [4.69, 9.17) is 23.8 Å². The first-order chi connectivity index (χ1) is 30.2. The Hall–Kier alpha value is -8.35. The molecule has 6 nitrogen and oxygen atoms in total. The van der Waals surface area contributed by atoms with E-state index in [1.165, 1.54) is 21.5 Å². The van der Waals surface area contributed by atoms with Crippen LogP contribution in [0.25, 0.3) is 127 Å². The molecule has 0 fully saturated rings. The van der Waals surface area contributed by atoms with Gasteiger partial charge in [0.15, 0.2) is 17.5 Å². The van der Waals surface area contributed by atoms with Crippen LogP contribution in [0.2, 0.25) is 0 Å². The zero-order valence-electron chi connectivity index (χ0n) is 32.6. The minimum Gasteiger partial charge on any atom is -0.456 e. The van der Waals surface area contributed by atoms with E-state index in [9.17, 15) is 0 Å². The summed E-state index contributed by atoms with van der Waals surface area (Å²) in [5, 5.41) is 8.78. The summed E-state index contributed by atoms with van der Waals surface area (Å²) in [5.74, 6) is 1.66. The van der Waals surface area contributed by atoms with Crippen molar-refractivity contribution in [1.82, 2.24) is 19.5 Å². The van der Waals surface area contributed by atoms with Crippen LogP contribution in [0.4, 0.5) is 0 Å². The highest BCUT2D eigenvalue weighted by Gasteiger charge is 2.23. The average Bonchev–Trinajstić information content (AvgIpc) is 4.00. The fourth-order valence-corrected chi connectivity index (χ4v) is 9.21. The molecule has 0 aliphatic heterocycles. The largest absolute Gasteiger partial charge is 0.456 e. The van der Waals surface area contributed by atoms with Gasteiger partial charge in [0, 0.05) is 43.6 Å². The summed E-state index contributed by atoms with van der Waals surface area (Å²) in [6.45, 7) is 0. The Morgan fingerprint density at radius 1 is 0.328 bits per heavy atom. The van der Waals surface area contributed by atoms with Crippen molar-refractivity contribution in [1.29, 1.82) is 0 Å². The zero-order chi connectivity index (χ0) is 40.0. The van der Waals surface area contributed by atoms with Gasteiger partial charge >= 0.3 is 0 Å². The molecule has 284 valence electrons. The Balaban J connectivity index is 1.10. The maximum absolute atomic E-state index is 6.73. The van der Waals surface area contributed by atoms with Crippen molar-refractivity contribution >= 4 is 76.5 Å². The lowest BCUT2D eigenvalue weighted by atomic mass is 10.0. The highest BCUT2D eigenvalue weighted by Crippen LogP contribution is 2.43. The number of nitrogens with zero attached hydrogens (tertiary/aromatic N) is 4. The lowest BCUT2D eigenvalue weighted by Crippen LogP contribution is -2.02. The Kier molecular flexibility index (Phi) is 7.21. The number of aromatic nitrogens is 4.